The van der Waals surface area contributed by atoms with Crippen LogP contribution in [-0.2, 0) is 20.7 Å². The molecule has 0 radical (unpaired) electrons. The number of carbonyl (C=O) groups excluding carboxylic acids is 2. The second kappa shape index (κ2) is 7.68. The number of nitro benzene ring substituents is 1. The van der Waals surface area contributed by atoms with E-state index in [-0.39, 0.29) is 30.5 Å². The number of carbonyl (C=O) groups is 2. The first-order valence-corrected chi connectivity index (χ1v) is 7.39. The fourth-order valence-corrected chi connectivity index (χ4v) is 2.49. The van der Waals surface area contributed by atoms with E-state index < -0.39 is 10.9 Å². The molecule has 0 aliphatic carbocycles. The molecule has 1 amide bonds. The van der Waals surface area contributed by atoms with Crippen LogP contribution in [0.4, 0.5) is 11.4 Å². The van der Waals surface area contributed by atoms with E-state index in [9.17, 15) is 19.7 Å². The van der Waals surface area contributed by atoms with Crippen LogP contribution in [0.1, 0.15) is 24.8 Å². The molecule has 0 unspecified atom stereocenters. The highest BCUT2D eigenvalue weighted by molar-refractivity contribution is 5.95. The van der Waals surface area contributed by atoms with Crippen molar-refractivity contribution in [1.29, 1.82) is 0 Å². The van der Waals surface area contributed by atoms with Crippen molar-refractivity contribution in [3.63, 3.8) is 0 Å². The van der Waals surface area contributed by atoms with Crippen molar-refractivity contribution < 1.29 is 19.2 Å². The van der Waals surface area contributed by atoms with E-state index in [0.29, 0.717) is 11.3 Å². The van der Waals surface area contributed by atoms with Crippen LogP contribution in [0.15, 0.2) is 18.2 Å². The first-order valence-electron chi connectivity index (χ1n) is 7.39. The first-order chi connectivity index (χ1) is 11.0. The first kappa shape index (κ1) is 16.9. The summed E-state index contributed by atoms with van der Waals surface area (Å²) in [6.45, 7) is 0.799. The van der Waals surface area contributed by atoms with E-state index in [1.165, 1.54) is 25.3 Å². The molecule has 0 aromatic heterocycles. The predicted octanol–water partition coefficient (Wildman–Crippen LogP) is 1.39. The van der Waals surface area contributed by atoms with Crippen LogP contribution >= 0.6 is 0 Å². The zero-order valence-electron chi connectivity index (χ0n) is 12.8. The van der Waals surface area contributed by atoms with Gasteiger partial charge in [0.05, 0.1) is 18.1 Å². The highest BCUT2D eigenvalue weighted by Gasteiger charge is 2.23. The molecule has 1 saturated heterocycles. The molecule has 23 heavy (non-hydrogen) atoms. The van der Waals surface area contributed by atoms with Gasteiger partial charge >= 0.3 is 5.97 Å². The van der Waals surface area contributed by atoms with Gasteiger partial charge in [-0.15, -0.1) is 0 Å². The molecule has 8 heteroatoms. The average Bonchev–Trinajstić information content (AvgIpc) is 3.07. The van der Waals surface area contributed by atoms with Crippen molar-refractivity contribution in [2.45, 2.75) is 31.7 Å². The molecule has 1 heterocycles. The number of non-ortho nitro benzene ring substituents is 1. The summed E-state index contributed by atoms with van der Waals surface area (Å²) in [6, 6.07) is 3.95. The molecule has 2 N–H and O–H groups in total. The third kappa shape index (κ3) is 4.49. The number of anilines is 1. The lowest BCUT2D eigenvalue weighted by atomic mass is 10.1. The Bertz CT molecular complexity index is 611. The lowest BCUT2D eigenvalue weighted by molar-refractivity contribution is -0.384. The van der Waals surface area contributed by atoms with E-state index in [2.05, 4.69) is 15.4 Å². The zero-order valence-corrected chi connectivity index (χ0v) is 12.8. The van der Waals surface area contributed by atoms with Gasteiger partial charge in [-0.25, -0.2) is 0 Å². The number of hydrogen-bond acceptors (Lipinski definition) is 6. The van der Waals surface area contributed by atoms with E-state index >= 15 is 0 Å². The van der Waals surface area contributed by atoms with Gasteiger partial charge in [-0.3, -0.25) is 19.7 Å². The molecule has 1 atom stereocenters. The van der Waals surface area contributed by atoms with E-state index in [1.54, 1.807) is 0 Å². The molecule has 1 aromatic rings. The summed E-state index contributed by atoms with van der Waals surface area (Å²) < 4.78 is 4.58. The molecule has 0 spiro atoms. The van der Waals surface area contributed by atoms with Gasteiger partial charge in [-0.1, -0.05) is 0 Å². The number of benzene rings is 1. The molecule has 1 aliphatic rings. The number of nitrogens with one attached hydrogen (secondary N) is 2. The highest BCUT2D eigenvalue weighted by Crippen LogP contribution is 2.24. The molecule has 124 valence electrons. The number of nitro groups is 1. The Hall–Kier alpha value is -2.48. The summed E-state index contributed by atoms with van der Waals surface area (Å²) in [6.07, 6.45) is 2.04. The minimum Gasteiger partial charge on any atom is -0.469 e. The van der Waals surface area contributed by atoms with Gasteiger partial charge in [0, 0.05) is 24.2 Å². The van der Waals surface area contributed by atoms with Crippen molar-refractivity contribution in [2.24, 2.45) is 0 Å². The molecule has 2 rings (SSSR count). The van der Waals surface area contributed by atoms with Crippen molar-refractivity contribution >= 4 is 23.3 Å². The molecular weight excluding hydrogens is 302 g/mol. The van der Waals surface area contributed by atoms with Crippen LogP contribution in [0.3, 0.4) is 0 Å². The summed E-state index contributed by atoms with van der Waals surface area (Å²) >= 11 is 0. The fourth-order valence-electron chi connectivity index (χ4n) is 2.49. The van der Waals surface area contributed by atoms with Gasteiger partial charge in [0.1, 0.15) is 0 Å². The Labute approximate surface area is 133 Å². The molecule has 1 fully saturated rings. The minimum atomic E-state index is -0.508. The number of rotatable bonds is 6. The second-order valence-corrected chi connectivity index (χ2v) is 5.31. The van der Waals surface area contributed by atoms with Crippen LogP contribution in [0.2, 0.25) is 0 Å². The predicted molar refractivity (Wildman–Crippen MR) is 83.1 cm³/mol. The van der Waals surface area contributed by atoms with Gasteiger partial charge in [0.2, 0.25) is 5.91 Å². The summed E-state index contributed by atoms with van der Waals surface area (Å²) in [7, 11) is 1.28. The molecule has 1 aromatic carbocycles. The number of amides is 1. The van der Waals surface area contributed by atoms with Gasteiger partial charge in [-0.2, -0.15) is 0 Å². The van der Waals surface area contributed by atoms with Gasteiger partial charge in [0.25, 0.3) is 5.69 Å². The topological polar surface area (TPSA) is 111 Å². The van der Waals surface area contributed by atoms with E-state index in [4.69, 9.17) is 0 Å². The number of hydrogen-bond donors (Lipinski definition) is 2. The maximum atomic E-state index is 12.2. The fraction of sp³-hybridized carbons (Fsp3) is 0.467. The summed E-state index contributed by atoms with van der Waals surface area (Å²) in [4.78, 5) is 33.9. The lowest BCUT2D eigenvalue weighted by Crippen LogP contribution is -2.35. The summed E-state index contributed by atoms with van der Waals surface area (Å²) in [5.41, 5.74) is 0.941. The molecule has 0 saturated carbocycles. The van der Waals surface area contributed by atoms with Crippen molar-refractivity contribution in [1.82, 2.24) is 5.32 Å². The van der Waals surface area contributed by atoms with Crippen molar-refractivity contribution in [3.05, 3.63) is 33.9 Å². The highest BCUT2D eigenvalue weighted by atomic mass is 16.6. The van der Waals surface area contributed by atoms with Gasteiger partial charge in [0.15, 0.2) is 0 Å². The normalized spacial score (nSPS) is 16.8. The number of aryl methyl sites for hydroxylation is 1. The molecule has 8 nitrogen and oxygen atoms in total. The minimum absolute atomic E-state index is 0.0816. The number of esters is 1. The molecule has 0 bridgehead atoms. The van der Waals surface area contributed by atoms with Crippen LogP contribution < -0.4 is 10.6 Å². The maximum absolute atomic E-state index is 12.2. The summed E-state index contributed by atoms with van der Waals surface area (Å²) in [5, 5.41) is 16.8. The SMILES string of the molecule is COC(=O)CCc1cc([N+](=O)[O-])ccc1NC(=O)[C@@H]1CCCN1. The Morgan fingerprint density at radius 3 is 2.87 bits per heavy atom. The largest absolute Gasteiger partial charge is 0.469 e. The molecule has 1 aliphatic heterocycles. The third-order valence-corrected chi connectivity index (χ3v) is 3.76. The van der Waals surface area contributed by atoms with Crippen molar-refractivity contribution in [2.75, 3.05) is 19.0 Å². The summed E-state index contributed by atoms with van der Waals surface area (Å²) in [5.74, 6) is -0.582. The van der Waals surface area contributed by atoms with E-state index in [1.807, 2.05) is 0 Å². The average molecular weight is 321 g/mol. The van der Waals surface area contributed by atoms with Crippen LogP contribution in [0.5, 0.6) is 0 Å². The Kier molecular flexibility index (Phi) is 5.64. The quantitative estimate of drug-likeness (QED) is 0.465. The van der Waals surface area contributed by atoms with E-state index in [0.717, 1.165) is 19.4 Å². The second-order valence-electron chi connectivity index (χ2n) is 5.31. The van der Waals surface area contributed by atoms with Crippen molar-refractivity contribution in [3.8, 4) is 0 Å². The monoisotopic (exact) mass is 321 g/mol. The van der Waals surface area contributed by atoms with Crippen LogP contribution in [0, 0.1) is 10.1 Å². The van der Waals surface area contributed by atoms with Crippen LogP contribution in [-0.4, -0.2) is 36.5 Å². The number of nitrogens with zero attached hydrogens (tertiary/aromatic N) is 1. The number of ether oxygens (including phenoxy) is 1. The van der Waals surface area contributed by atoms with Gasteiger partial charge in [-0.05, 0) is 37.4 Å². The lowest BCUT2D eigenvalue weighted by Gasteiger charge is -2.14. The smallest absolute Gasteiger partial charge is 0.305 e. The van der Waals surface area contributed by atoms with Gasteiger partial charge < -0.3 is 15.4 Å². The Morgan fingerprint density at radius 1 is 1.48 bits per heavy atom. The molecular formula is C15H19N3O5. The Balaban J connectivity index is 2.16. The zero-order chi connectivity index (χ0) is 16.8. The standard InChI is InChI=1S/C15H19N3O5/c1-23-14(19)7-4-10-9-11(18(21)22)5-6-12(10)17-15(20)13-3-2-8-16-13/h5-6,9,13,16H,2-4,7-8H2,1H3,(H,17,20)/t13-/m0/s1. The maximum Gasteiger partial charge on any atom is 0.305 e. The third-order valence-electron chi connectivity index (χ3n) is 3.76. The Morgan fingerprint density at radius 2 is 2.26 bits per heavy atom. The number of methoxy groups -OCH3 is 1. The van der Waals surface area contributed by atoms with Crippen LogP contribution in [0.25, 0.3) is 0 Å².